The third-order valence-corrected chi connectivity index (χ3v) is 10.6. The van der Waals surface area contributed by atoms with Crippen LogP contribution in [0.4, 0.5) is 8.78 Å². The van der Waals surface area contributed by atoms with Crippen LogP contribution in [0.1, 0.15) is 37.7 Å². The number of aryl methyl sites for hydroxylation is 1. The van der Waals surface area contributed by atoms with Gasteiger partial charge in [-0.2, -0.15) is 17.2 Å². The van der Waals surface area contributed by atoms with Crippen LogP contribution in [0.2, 0.25) is 0 Å². The number of alkyl halides is 2. The Morgan fingerprint density at radius 3 is 1.97 bits per heavy atom. The average Bonchev–Trinajstić information content (AvgIpc) is 3.53. The summed E-state index contributed by atoms with van der Waals surface area (Å²) in [7, 11) is -5.57. The van der Waals surface area contributed by atoms with Gasteiger partial charge in [0.05, 0.1) is 10.9 Å². The average molecular weight is 576 g/mol. The minimum Gasteiger partial charge on any atom is -0.458 e. The van der Waals surface area contributed by atoms with Crippen molar-refractivity contribution in [2.24, 2.45) is 17.8 Å². The van der Waals surface area contributed by atoms with Crippen molar-refractivity contribution in [3.8, 4) is 0 Å². The zero-order valence-electron chi connectivity index (χ0n) is 21.7. The number of esters is 1. The Morgan fingerprint density at radius 2 is 1.49 bits per heavy atom. The third-order valence-electron chi connectivity index (χ3n) is 7.36. The zero-order valence-corrected chi connectivity index (χ0v) is 23.3. The molecule has 2 fully saturated rings. The lowest BCUT2D eigenvalue weighted by atomic mass is 9.86. The third kappa shape index (κ3) is 7.47. The van der Waals surface area contributed by atoms with E-state index in [2.05, 4.69) is 96.6 Å². The summed E-state index contributed by atoms with van der Waals surface area (Å²) < 4.78 is 58.9. The van der Waals surface area contributed by atoms with E-state index in [1.54, 1.807) is 0 Å². The Morgan fingerprint density at radius 1 is 0.923 bits per heavy atom. The Hall–Kier alpha value is -2.75. The summed E-state index contributed by atoms with van der Waals surface area (Å²) in [4.78, 5) is 15.6. The normalized spacial score (nSPS) is 20.4. The summed E-state index contributed by atoms with van der Waals surface area (Å²) >= 11 is 0. The van der Waals surface area contributed by atoms with Gasteiger partial charge < -0.3 is 4.74 Å². The molecule has 0 heterocycles. The van der Waals surface area contributed by atoms with Gasteiger partial charge in [-0.25, -0.2) is 0 Å². The maximum atomic E-state index is 12.8. The largest absolute Gasteiger partial charge is 0.458 e. The quantitative estimate of drug-likeness (QED) is 0.179. The van der Waals surface area contributed by atoms with Crippen molar-refractivity contribution in [2.75, 3.05) is 6.61 Å². The molecule has 208 valence electrons. The molecule has 39 heavy (non-hydrogen) atoms. The highest BCUT2D eigenvalue weighted by Crippen LogP contribution is 2.49. The molecule has 9 heteroatoms. The second-order valence-corrected chi connectivity index (χ2v) is 13.7. The first-order valence-corrected chi connectivity index (χ1v) is 15.6. The van der Waals surface area contributed by atoms with Crippen LogP contribution in [0.25, 0.3) is 0 Å². The standard InChI is InChI=1S/C19H17S.C11H16F2O5S/c1-16-10-8-9-15-19(16)20(17-11-4-2-5-12-17)18-13-6-3-7-14-18;12-11(13,19(15,16)17)6-18-10(14)5-9-4-7-1-2-8(9)3-7/h2-15H,1H3;7-9H,1-6H2,(H,15,16,17)/q+1;. The van der Waals surface area contributed by atoms with E-state index in [0.717, 1.165) is 25.7 Å². The number of carbonyl (C=O) groups is 1. The SMILES string of the molecule is Cc1ccccc1[S+](c1ccccc1)c1ccccc1.O=C(CC1CC2CCC1C2)OCC(F)(F)S(=O)(=O)O. The molecule has 5 nitrogen and oxygen atoms in total. The number of halogens is 2. The summed E-state index contributed by atoms with van der Waals surface area (Å²) in [6, 6.07) is 30.2. The van der Waals surface area contributed by atoms with Crippen LogP contribution < -0.4 is 0 Å². The highest BCUT2D eigenvalue weighted by Gasteiger charge is 2.46. The Balaban J connectivity index is 0.000000181. The van der Waals surface area contributed by atoms with Gasteiger partial charge in [0.2, 0.25) is 0 Å². The van der Waals surface area contributed by atoms with E-state index in [1.807, 2.05) is 0 Å². The maximum absolute atomic E-state index is 12.8. The van der Waals surface area contributed by atoms with Crippen molar-refractivity contribution in [3.05, 3.63) is 90.5 Å². The molecule has 3 aromatic rings. The van der Waals surface area contributed by atoms with Crippen LogP contribution in [-0.4, -0.2) is 30.8 Å². The molecular weight excluding hydrogens is 542 g/mol. The molecule has 0 aliphatic heterocycles. The van der Waals surface area contributed by atoms with E-state index in [1.165, 1.54) is 20.2 Å². The fraction of sp³-hybridized carbons (Fsp3) is 0.367. The number of rotatable bonds is 8. The van der Waals surface area contributed by atoms with E-state index in [0.29, 0.717) is 11.8 Å². The number of ether oxygens (including phenoxy) is 1. The summed E-state index contributed by atoms with van der Waals surface area (Å²) in [6.45, 7) is 0.562. The highest BCUT2D eigenvalue weighted by molar-refractivity contribution is 7.97. The topological polar surface area (TPSA) is 80.7 Å². The predicted octanol–water partition coefficient (Wildman–Crippen LogP) is 6.93. The van der Waals surface area contributed by atoms with Crippen molar-refractivity contribution in [3.63, 3.8) is 0 Å². The van der Waals surface area contributed by atoms with Crippen molar-refractivity contribution >= 4 is 27.0 Å². The molecule has 1 N–H and O–H groups in total. The van der Waals surface area contributed by atoms with Crippen LogP contribution >= 0.6 is 0 Å². The van der Waals surface area contributed by atoms with E-state index in [-0.39, 0.29) is 23.2 Å². The minimum absolute atomic E-state index is 0.0262. The van der Waals surface area contributed by atoms with Crippen molar-refractivity contribution < 1.29 is 31.3 Å². The van der Waals surface area contributed by atoms with Crippen molar-refractivity contribution in [1.82, 2.24) is 0 Å². The zero-order chi connectivity index (χ0) is 28.0. The maximum Gasteiger partial charge on any atom is 0.402 e. The van der Waals surface area contributed by atoms with Gasteiger partial charge in [-0.3, -0.25) is 9.35 Å². The lowest BCUT2D eigenvalue weighted by Gasteiger charge is -2.21. The fourth-order valence-corrected chi connectivity index (χ4v) is 7.88. The van der Waals surface area contributed by atoms with Crippen molar-refractivity contribution in [2.45, 2.75) is 59.0 Å². The summed E-state index contributed by atoms with van der Waals surface area (Å²) in [5, 5.41) is -4.45. The fourth-order valence-electron chi connectivity index (χ4n) is 5.43. The van der Waals surface area contributed by atoms with Gasteiger partial charge in [0.15, 0.2) is 21.3 Å². The number of hydrogen-bond donors (Lipinski definition) is 1. The highest BCUT2D eigenvalue weighted by atomic mass is 32.2. The Kier molecular flexibility index (Phi) is 9.46. The molecule has 2 aliphatic rings. The smallest absolute Gasteiger partial charge is 0.402 e. The monoisotopic (exact) mass is 575 g/mol. The van der Waals surface area contributed by atoms with Gasteiger partial charge in [0, 0.05) is 12.0 Å². The summed E-state index contributed by atoms with van der Waals surface area (Å²) in [5.74, 6) is 0.410. The molecule has 3 aromatic carbocycles. The van der Waals surface area contributed by atoms with Gasteiger partial charge in [0.1, 0.15) is 0 Å². The molecule has 0 amide bonds. The molecule has 0 saturated heterocycles. The molecule has 5 rings (SSSR count). The van der Waals surface area contributed by atoms with E-state index in [4.69, 9.17) is 4.55 Å². The molecule has 0 radical (unpaired) electrons. The summed E-state index contributed by atoms with van der Waals surface area (Å²) in [6.07, 6.45) is 4.26. The van der Waals surface area contributed by atoms with Crippen LogP contribution in [0, 0.1) is 24.7 Å². The number of benzene rings is 3. The second-order valence-electron chi connectivity index (χ2n) is 10.1. The van der Waals surface area contributed by atoms with Crippen molar-refractivity contribution in [1.29, 1.82) is 0 Å². The van der Waals surface area contributed by atoms with Gasteiger partial charge in [-0.05, 0) is 74.3 Å². The van der Waals surface area contributed by atoms with Gasteiger partial charge in [0.25, 0.3) is 0 Å². The van der Waals surface area contributed by atoms with Crippen LogP contribution in [0.15, 0.2) is 99.6 Å². The first kappa shape index (κ1) is 29.2. The molecule has 0 aromatic heterocycles. The second kappa shape index (κ2) is 12.6. The van der Waals surface area contributed by atoms with Crippen LogP contribution in [0.3, 0.4) is 0 Å². The molecule has 2 aliphatic carbocycles. The Labute approximate surface area is 231 Å². The Bertz CT molecular complexity index is 1310. The minimum atomic E-state index is -5.54. The number of fused-ring (bicyclic) bond motifs is 2. The lowest BCUT2D eigenvalue weighted by molar-refractivity contribution is -0.151. The number of carbonyl (C=O) groups excluding carboxylic acids is 1. The van der Waals surface area contributed by atoms with Gasteiger partial charge >= 0.3 is 21.3 Å². The first-order chi connectivity index (χ1) is 18.5. The summed E-state index contributed by atoms with van der Waals surface area (Å²) in [5.41, 5.74) is 1.35. The first-order valence-electron chi connectivity index (χ1n) is 13.0. The molecule has 0 spiro atoms. The molecule has 3 atom stereocenters. The number of hydrogen-bond acceptors (Lipinski definition) is 4. The molecule has 3 unspecified atom stereocenters. The predicted molar refractivity (Wildman–Crippen MR) is 147 cm³/mol. The van der Waals surface area contributed by atoms with Crippen LogP contribution in [-0.2, 0) is 30.5 Å². The van der Waals surface area contributed by atoms with E-state index < -0.39 is 27.9 Å². The molecule has 2 saturated carbocycles. The lowest BCUT2D eigenvalue weighted by Crippen LogP contribution is -2.35. The van der Waals surface area contributed by atoms with Crippen LogP contribution in [0.5, 0.6) is 0 Å². The molecular formula is C30H33F2O5S2+. The van der Waals surface area contributed by atoms with Gasteiger partial charge in [-0.1, -0.05) is 61.0 Å². The van der Waals surface area contributed by atoms with E-state index in [9.17, 15) is 22.0 Å². The van der Waals surface area contributed by atoms with E-state index >= 15 is 0 Å². The van der Waals surface area contributed by atoms with Gasteiger partial charge in [-0.15, -0.1) is 0 Å². The molecule has 2 bridgehead atoms.